The van der Waals surface area contributed by atoms with Crippen LogP contribution in [0.25, 0.3) is 55.8 Å². The lowest BCUT2D eigenvalue weighted by molar-refractivity contribution is -2.00. The Labute approximate surface area is 262 Å². The van der Waals surface area contributed by atoms with Gasteiger partial charge in [0.15, 0.2) is 11.0 Å². The average molecular weight is 709 g/mol. The van der Waals surface area contributed by atoms with Crippen molar-refractivity contribution in [1.29, 1.82) is 0 Å². The first-order valence-corrected chi connectivity index (χ1v) is 15.6. The molecular weight excluding hydrogens is 684 g/mol. The molecule has 6 nitrogen and oxygen atoms in total. The second kappa shape index (κ2) is 12.5. The van der Waals surface area contributed by atoms with E-state index in [1.165, 1.54) is 50.0 Å². The third-order valence-corrected chi connectivity index (χ3v) is 8.08. The lowest BCUT2D eigenvalue weighted by Gasteiger charge is -2.17. The van der Waals surface area contributed by atoms with Gasteiger partial charge in [-0.3, -0.25) is 0 Å². The standard InChI is InChI=1S/C33H25Br2N2.ClHO4/c1-36-30-10-6-7-11-31(30)37(2)33(36)32-28(23-12-16-26(34)17-13-23)20-25(22-8-4-3-5-9-22)21-29(32)24-14-18-27(35)19-15-24;2-1(3,4)5/h3-21H,1-2H3;(H,2,3,4,5)/q+1;/p-1. The second-order valence-electron chi connectivity index (χ2n) is 9.63. The van der Waals surface area contributed by atoms with Crippen molar-refractivity contribution in [2.45, 2.75) is 0 Å². The molecule has 0 unspecified atom stereocenters. The van der Waals surface area contributed by atoms with Crippen LogP contribution < -0.4 is 23.2 Å². The van der Waals surface area contributed by atoms with E-state index in [-0.39, 0.29) is 0 Å². The molecule has 1 heterocycles. The normalized spacial score (nSPS) is 11.3. The molecule has 0 atom stereocenters. The second-order valence-corrected chi connectivity index (χ2v) is 12.2. The number of para-hydroxylation sites is 2. The van der Waals surface area contributed by atoms with Gasteiger partial charge >= 0.3 is 0 Å². The number of hydrogen-bond donors (Lipinski definition) is 0. The summed E-state index contributed by atoms with van der Waals surface area (Å²) in [6.07, 6.45) is 0. The summed E-state index contributed by atoms with van der Waals surface area (Å²) in [6.45, 7) is 0. The van der Waals surface area contributed by atoms with E-state index >= 15 is 0 Å². The molecule has 0 amide bonds. The summed E-state index contributed by atoms with van der Waals surface area (Å²) < 4.78 is 40.7. The zero-order valence-electron chi connectivity index (χ0n) is 22.6. The lowest BCUT2D eigenvalue weighted by Crippen LogP contribution is -2.68. The molecule has 0 bridgehead atoms. The van der Waals surface area contributed by atoms with Crippen molar-refractivity contribution < 1.29 is 33.4 Å². The molecule has 5 aromatic carbocycles. The molecule has 1 aromatic heterocycles. The van der Waals surface area contributed by atoms with Gasteiger partial charge in [-0.15, -0.1) is 10.2 Å². The fourth-order valence-electron chi connectivity index (χ4n) is 5.21. The van der Waals surface area contributed by atoms with Gasteiger partial charge in [0, 0.05) is 8.95 Å². The van der Waals surface area contributed by atoms with E-state index in [0.29, 0.717) is 0 Å². The van der Waals surface area contributed by atoms with Crippen LogP contribution in [0, 0.1) is 10.2 Å². The smallest absolute Gasteiger partial charge is 0.226 e. The lowest BCUT2D eigenvalue weighted by atomic mass is 9.87. The molecule has 0 saturated carbocycles. The SMILES string of the molecule is Cn1c(-c2c(-c3ccc(Br)cc3)cc(-c3ccccc3)cc2-c2ccc(Br)cc2)[n+](C)c2ccccc21.[O-][Cl+3]([O-])([O-])[O-]. The highest BCUT2D eigenvalue weighted by Gasteiger charge is 2.28. The minimum atomic E-state index is -4.94. The van der Waals surface area contributed by atoms with Gasteiger partial charge in [0.2, 0.25) is 0 Å². The van der Waals surface area contributed by atoms with Crippen LogP contribution in [0.3, 0.4) is 0 Å². The molecule has 6 aromatic rings. The summed E-state index contributed by atoms with van der Waals surface area (Å²) in [5.41, 5.74) is 10.8. The van der Waals surface area contributed by atoms with Gasteiger partial charge in [0.25, 0.3) is 5.82 Å². The number of fused-ring (bicyclic) bond motifs is 1. The highest BCUT2D eigenvalue weighted by molar-refractivity contribution is 9.10. The van der Waals surface area contributed by atoms with Crippen LogP contribution in [0.5, 0.6) is 0 Å². The summed E-state index contributed by atoms with van der Waals surface area (Å²) in [5, 5.41) is 0. The van der Waals surface area contributed by atoms with Crippen molar-refractivity contribution in [2.24, 2.45) is 14.1 Å². The van der Waals surface area contributed by atoms with Gasteiger partial charge in [-0.2, -0.15) is 0 Å². The van der Waals surface area contributed by atoms with E-state index in [1.807, 2.05) is 0 Å². The van der Waals surface area contributed by atoms with Crippen LogP contribution in [-0.2, 0) is 14.1 Å². The van der Waals surface area contributed by atoms with Gasteiger partial charge in [0.1, 0.15) is 0 Å². The number of halogens is 3. The third-order valence-electron chi connectivity index (χ3n) is 7.02. The van der Waals surface area contributed by atoms with Crippen LogP contribution >= 0.6 is 31.9 Å². The van der Waals surface area contributed by atoms with Crippen molar-refractivity contribution in [3.05, 3.63) is 124 Å². The number of imidazole rings is 1. The summed E-state index contributed by atoms with van der Waals surface area (Å²) in [6, 6.07) is 41.2. The summed E-state index contributed by atoms with van der Waals surface area (Å²) in [4.78, 5) is 0. The number of benzene rings is 5. The Bertz CT molecular complexity index is 1740. The van der Waals surface area contributed by atoms with Crippen molar-refractivity contribution in [3.63, 3.8) is 0 Å². The minimum Gasteiger partial charge on any atom is -0.226 e. The maximum Gasteiger partial charge on any atom is 0.290 e. The molecule has 0 saturated heterocycles. The minimum absolute atomic E-state index is 1.07. The van der Waals surface area contributed by atoms with E-state index < -0.39 is 10.2 Å². The molecule has 0 aliphatic carbocycles. The quantitative estimate of drug-likeness (QED) is 0.253. The Balaban J connectivity index is 0.000000652. The van der Waals surface area contributed by atoms with Crippen molar-refractivity contribution in [3.8, 4) is 44.8 Å². The van der Waals surface area contributed by atoms with E-state index in [2.05, 4.69) is 170 Å². The van der Waals surface area contributed by atoms with Crippen LogP contribution in [0.15, 0.2) is 124 Å². The van der Waals surface area contributed by atoms with Crippen molar-refractivity contribution in [1.82, 2.24) is 4.57 Å². The van der Waals surface area contributed by atoms with Gasteiger partial charge in [-0.25, -0.2) is 27.8 Å². The first-order valence-electron chi connectivity index (χ1n) is 12.8. The predicted octanol–water partition coefficient (Wildman–Crippen LogP) is 4.44. The monoisotopic (exact) mass is 706 g/mol. The molecule has 0 spiro atoms. The third kappa shape index (κ3) is 6.66. The molecule has 6 rings (SSSR count). The number of aryl methyl sites for hydroxylation is 2. The fraction of sp³-hybridized carbons (Fsp3) is 0.0606. The average Bonchev–Trinajstić information content (AvgIpc) is 3.22. The maximum atomic E-state index is 8.49. The van der Waals surface area contributed by atoms with Crippen LogP contribution in [0.4, 0.5) is 0 Å². The van der Waals surface area contributed by atoms with Gasteiger partial charge < -0.3 is 0 Å². The van der Waals surface area contributed by atoms with Crippen LogP contribution in [-0.4, -0.2) is 4.57 Å². The Morgan fingerprint density at radius 3 is 1.52 bits per heavy atom. The Hall–Kier alpha value is -3.34. The summed E-state index contributed by atoms with van der Waals surface area (Å²) >= 11 is 7.25. The van der Waals surface area contributed by atoms with E-state index in [4.69, 9.17) is 18.6 Å². The zero-order valence-corrected chi connectivity index (χ0v) is 26.6. The number of nitrogens with zero attached hydrogens (tertiary/aromatic N) is 2. The summed E-state index contributed by atoms with van der Waals surface area (Å²) in [7, 11) is -0.612. The highest BCUT2D eigenvalue weighted by atomic mass is 79.9. The van der Waals surface area contributed by atoms with Gasteiger partial charge in [0.05, 0.1) is 19.7 Å². The molecule has 0 fully saturated rings. The molecule has 0 aliphatic heterocycles. The molecule has 212 valence electrons. The molecular formula is C33H25Br2ClN2O4. The van der Waals surface area contributed by atoms with Gasteiger partial charge in [-0.05, 0) is 81.9 Å². The Morgan fingerprint density at radius 2 is 1.05 bits per heavy atom. The van der Waals surface area contributed by atoms with Crippen molar-refractivity contribution >= 4 is 42.9 Å². The van der Waals surface area contributed by atoms with Gasteiger partial charge in [-0.1, -0.05) is 98.6 Å². The Morgan fingerprint density at radius 1 is 0.595 bits per heavy atom. The van der Waals surface area contributed by atoms with Crippen LogP contribution in [0.2, 0.25) is 0 Å². The molecule has 0 N–H and O–H groups in total. The number of aromatic nitrogens is 2. The first-order chi connectivity index (χ1) is 20.0. The topological polar surface area (TPSA) is 101 Å². The number of hydrogen-bond acceptors (Lipinski definition) is 4. The van der Waals surface area contributed by atoms with E-state index in [0.717, 1.165) is 14.8 Å². The zero-order chi connectivity index (χ0) is 30.0. The van der Waals surface area contributed by atoms with E-state index in [9.17, 15) is 0 Å². The molecule has 0 radical (unpaired) electrons. The van der Waals surface area contributed by atoms with Crippen molar-refractivity contribution in [2.75, 3.05) is 0 Å². The highest BCUT2D eigenvalue weighted by Crippen LogP contribution is 2.43. The largest absolute Gasteiger partial charge is 0.290 e. The molecule has 9 heteroatoms. The maximum absolute atomic E-state index is 8.49. The fourth-order valence-corrected chi connectivity index (χ4v) is 5.74. The predicted molar refractivity (Wildman–Crippen MR) is 161 cm³/mol. The number of rotatable bonds is 4. The molecule has 42 heavy (non-hydrogen) atoms. The van der Waals surface area contributed by atoms with Crippen LogP contribution in [0.1, 0.15) is 0 Å². The Kier molecular flexibility index (Phi) is 8.96. The summed E-state index contributed by atoms with van der Waals surface area (Å²) in [5.74, 6) is 1.16. The first kappa shape index (κ1) is 30.1. The molecule has 0 aliphatic rings. The van der Waals surface area contributed by atoms with E-state index in [1.54, 1.807) is 0 Å².